The minimum atomic E-state index is -0.464. The van der Waals surface area contributed by atoms with E-state index in [9.17, 15) is 4.79 Å². The third-order valence-electron chi connectivity index (χ3n) is 2.65. The molecule has 0 saturated carbocycles. The van der Waals surface area contributed by atoms with Gasteiger partial charge in [0, 0.05) is 28.5 Å². The molecule has 1 heterocycles. The minimum Gasteiger partial charge on any atom is -0.444 e. The molecule has 0 aliphatic carbocycles. The number of nitrogens with one attached hydrogen (secondary N) is 2. The van der Waals surface area contributed by atoms with Gasteiger partial charge in [0.25, 0.3) is 0 Å². The molecule has 4 nitrogen and oxygen atoms in total. The molecule has 0 radical (unpaired) electrons. The second-order valence-electron chi connectivity index (χ2n) is 5.70. The number of carbonyl (C=O) groups excluding carboxylic acids is 1. The van der Waals surface area contributed by atoms with Gasteiger partial charge in [-0.15, -0.1) is 11.3 Å². The first-order valence-corrected chi connectivity index (χ1v) is 9.25. The van der Waals surface area contributed by atoms with Crippen molar-refractivity contribution in [3.63, 3.8) is 0 Å². The predicted octanol–water partition coefficient (Wildman–Crippen LogP) is 4.67. The molecule has 0 aromatic carbocycles. The summed E-state index contributed by atoms with van der Waals surface area (Å²) in [6, 6.07) is 2.31. The maximum absolute atomic E-state index is 11.6. The summed E-state index contributed by atoms with van der Waals surface area (Å²) in [5.74, 6) is 0. The molecule has 21 heavy (non-hydrogen) atoms. The fourth-order valence-electron chi connectivity index (χ4n) is 1.60. The lowest BCUT2D eigenvalue weighted by Gasteiger charge is -2.22. The lowest BCUT2D eigenvalue weighted by atomic mass is 10.2. The maximum atomic E-state index is 11.6. The van der Waals surface area contributed by atoms with E-state index in [0.29, 0.717) is 6.54 Å². The smallest absolute Gasteiger partial charge is 0.407 e. The van der Waals surface area contributed by atoms with Crippen molar-refractivity contribution >= 4 is 49.3 Å². The molecule has 0 aliphatic heterocycles. The van der Waals surface area contributed by atoms with E-state index in [0.717, 1.165) is 21.2 Å². The summed E-state index contributed by atoms with van der Waals surface area (Å²) >= 11 is 8.66. The van der Waals surface area contributed by atoms with Crippen LogP contribution in [-0.2, 0) is 11.3 Å². The summed E-state index contributed by atoms with van der Waals surface area (Å²) in [4.78, 5) is 12.9. The van der Waals surface area contributed by atoms with Gasteiger partial charge in [-0.2, -0.15) is 0 Å². The normalized spacial score (nSPS) is 13.0. The van der Waals surface area contributed by atoms with Gasteiger partial charge in [-0.3, -0.25) is 0 Å². The van der Waals surface area contributed by atoms with Crippen LogP contribution in [0.2, 0.25) is 0 Å². The fraction of sp³-hybridized carbons (Fsp3) is 0.643. The molecule has 7 heteroatoms. The fourth-order valence-corrected chi connectivity index (χ4v) is 3.73. The van der Waals surface area contributed by atoms with Crippen molar-refractivity contribution in [2.75, 3.05) is 6.54 Å². The van der Waals surface area contributed by atoms with Gasteiger partial charge in [-0.25, -0.2) is 4.79 Å². The number of ether oxygens (including phenoxy) is 1. The molecule has 1 aromatic rings. The van der Waals surface area contributed by atoms with Crippen LogP contribution in [-0.4, -0.2) is 24.3 Å². The Morgan fingerprint density at radius 2 is 2.10 bits per heavy atom. The number of hydrogen-bond donors (Lipinski definition) is 2. The third-order valence-corrected chi connectivity index (χ3v) is 5.90. The Morgan fingerprint density at radius 3 is 2.57 bits per heavy atom. The third kappa shape index (κ3) is 7.63. The number of carbonyl (C=O) groups is 1. The van der Waals surface area contributed by atoms with Crippen LogP contribution in [0.15, 0.2) is 14.3 Å². The highest BCUT2D eigenvalue weighted by atomic mass is 79.9. The van der Waals surface area contributed by atoms with Crippen LogP contribution in [0.3, 0.4) is 0 Å². The van der Waals surface area contributed by atoms with Crippen molar-refractivity contribution in [1.29, 1.82) is 0 Å². The van der Waals surface area contributed by atoms with E-state index in [1.165, 1.54) is 4.88 Å². The quantitative estimate of drug-likeness (QED) is 0.674. The highest BCUT2D eigenvalue weighted by molar-refractivity contribution is 9.13. The second-order valence-corrected chi connectivity index (χ2v) is 9.01. The van der Waals surface area contributed by atoms with E-state index in [2.05, 4.69) is 55.5 Å². The molecule has 0 aliphatic rings. The van der Waals surface area contributed by atoms with Gasteiger partial charge in [0.2, 0.25) is 0 Å². The first-order chi connectivity index (χ1) is 9.71. The zero-order valence-electron chi connectivity index (χ0n) is 12.8. The first-order valence-electron chi connectivity index (χ1n) is 6.85. The van der Waals surface area contributed by atoms with Gasteiger partial charge in [0.1, 0.15) is 5.60 Å². The molecule has 1 amide bonds. The van der Waals surface area contributed by atoms with Crippen molar-refractivity contribution in [2.24, 2.45) is 0 Å². The minimum absolute atomic E-state index is 0.220. The number of halogens is 2. The standard InChI is InChI=1S/C14H22Br2N2O2S/c1-5-9(7-18-13(19)20-14(2,3)4)17-8-10-6-11(15)12(16)21-10/h6,9,17H,5,7-8H2,1-4H3,(H,18,19). The van der Waals surface area contributed by atoms with Crippen LogP contribution in [0.25, 0.3) is 0 Å². The summed E-state index contributed by atoms with van der Waals surface area (Å²) in [5.41, 5.74) is -0.464. The second kappa shape index (κ2) is 8.50. The van der Waals surface area contributed by atoms with Crippen molar-refractivity contribution in [3.8, 4) is 0 Å². The maximum Gasteiger partial charge on any atom is 0.407 e. The Bertz CT molecular complexity index is 453. The number of amides is 1. The zero-order chi connectivity index (χ0) is 16.0. The van der Waals surface area contributed by atoms with Crippen molar-refractivity contribution in [1.82, 2.24) is 10.6 Å². The van der Waals surface area contributed by atoms with E-state index < -0.39 is 5.60 Å². The van der Waals surface area contributed by atoms with Crippen molar-refractivity contribution in [2.45, 2.75) is 52.3 Å². The average molecular weight is 442 g/mol. The van der Waals surface area contributed by atoms with Gasteiger partial charge in [0.05, 0.1) is 3.79 Å². The monoisotopic (exact) mass is 440 g/mol. The van der Waals surface area contributed by atoms with Crippen molar-refractivity contribution < 1.29 is 9.53 Å². The zero-order valence-corrected chi connectivity index (χ0v) is 16.7. The lowest BCUT2D eigenvalue weighted by molar-refractivity contribution is 0.0522. The number of alkyl carbamates (subject to hydrolysis) is 1. The Labute approximate surface area is 147 Å². The molecule has 0 saturated heterocycles. The van der Waals surface area contributed by atoms with Crippen LogP contribution < -0.4 is 10.6 Å². The summed E-state index contributed by atoms with van der Waals surface area (Å²) in [5, 5.41) is 6.25. The Hall–Kier alpha value is -0.110. The molecular weight excluding hydrogens is 420 g/mol. The van der Waals surface area contributed by atoms with Gasteiger partial charge in [-0.1, -0.05) is 6.92 Å². The first kappa shape index (κ1) is 18.9. The molecule has 0 bridgehead atoms. The van der Waals surface area contributed by atoms with E-state index in [-0.39, 0.29) is 12.1 Å². The van der Waals surface area contributed by atoms with Gasteiger partial charge in [0.15, 0.2) is 0 Å². The molecule has 0 fully saturated rings. The van der Waals surface area contributed by atoms with E-state index in [4.69, 9.17) is 4.74 Å². The van der Waals surface area contributed by atoms with Gasteiger partial charge < -0.3 is 15.4 Å². The Kier molecular flexibility index (Phi) is 7.67. The van der Waals surface area contributed by atoms with Gasteiger partial charge >= 0.3 is 6.09 Å². The Balaban J connectivity index is 2.36. The van der Waals surface area contributed by atoms with Crippen molar-refractivity contribution in [3.05, 3.63) is 19.2 Å². The molecule has 1 rings (SSSR count). The number of thiophene rings is 1. The average Bonchev–Trinajstić information content (AvgIpc) is 2.67. The molecule has 1 atom stereocenters. The summed E-state index contributed by atoms with van der Waals surface area (Å²) in [6.07, 6.45) is 0.563. The SMILES string of the molecule is CCC(CNC(=O)OC(C)(C)C)NCc1cc(Br)c(Br)s1. The molecule has 120 valence electrons. The van der Waals surface area contributed by atoms with Crippen LogP contribution in [0.5, 0.6) is 0 Å². The number of hydrogen-bond acceptors (Lipinski definition) is 4. The van der Waals surface area contributed by atoms with Crippen LogP contribution in [0, 0.1) is 0 Å². The highest BCUT2D eigenvalue weighted by Gasteiger charge is 2.17. The van der Waals surface area contributed by atoms with Crippen LogP contribution in [0.1, 0.15) is 39.0 Å². The molecule has 2 N–H and O–H groups in total. The van der Waals surface area contributed by atoms with E-state index in [1.807, 2.05) is 20.8 Å². The highest BCUT2D eigenvalue weighted by Crippen LogP contribution is 2.32. The topological polar surface area (TPSA) is 50.4 Å². The lowest BCUT2D eigenvalue weighted by Crippen LogP contribution is -2.42. The number of rotatable bonds is 6. The van der Waals surface area contributed by atoms with Gasteiger partial charge in [-0.05, 0) is 65.1 Å². The molecule has 1 aromatic heterocycles. The predicted molar refractivity (Wildman–Crippen MR) is 94.9 cm³/mol. The Morgan fingerprint density at radius 1 is 1.43 bits per heavy atom. The van der Waals surface area contributed by atoms with E-state index >= 15 is 0 Å². The van der Waals surface area contributed by atoms with Crippen LogP contribution >= 0.6 is 43.2 Å². The molecular formula is C14H22Br2N2O2S. The van der Waals surface area contributed by atoms with E-state index in [1.54, 1.807) is 11.3 Å². The summed E-state index contributed by atoms with van der Waals surface area (Å²) < 4.78 is 7.40. The molecule has 0 spiro atoms. The van der Waals surface area contributed by atoms with Crippen LogP contribution in [0.4, 0.5) is 4.79 Å². The summed E-state index contributed by atoms with van der Waals surface area (Å²) in [7, 11) is 0. The summed E-state index contributed by atoms with van der Waals surface area (Å²) in [6.45, 7) is 9.00. The molecule has 1 unspecified atom stereocenters. The largest absolute Gasteiger partial charge is 0.444 e.